The summed E-state index contributed by atoms with van der Waals surface area (Å²) in [5.41, 5.74) is 1.99. The van der Waals surface area contributed by atoms with Gasteiger partial charge in [-0.05, 0) is 50.8 Å². The molecule has 0 spiro atoms. The highest BCUT2D eigenvalue weighted by molar-refractivity contribution is 6.07. The number of hydrazone groups is 1. The highest BCUT2D eigenvalue weighted by atomic mass is 16.5. The molecule has 190 valence electrons. The zero-order valence-corrected chi connectivity index (χ0v) is 21.2. The van der Waals surface area contributed by atoms with Crippen molar-refractivity contribution < 1.29 is 19.0 Å². The summed E-state index contributed by atoms with van der Waals surface area (Å²) in [6.07, 6.45) is 8.24. The molecule has 3 aliphatic heterocycles. The summed E-state index contributed by atoms with van der Waals surface area (Å²) in [4.78, 5) is 18.7. The number of piperidine rings is 1. The summed E-state index contributed by atoms with van der Waals surface area (Å²) in [5, 5.41) is 6.89. The molecular formula is C27H38N4O4. The van der Waals surface area contributed by atoms with Crippen molar-refractivity contribution in [2.75, 3.05) is 53.6 Å². The fourth-order valence-electron chi connectivity index (χ4n) is 6.01. The van der Waals surface area contributed by atoms with Crippen LogP contribution in [-0.2, 0) is 9.53 Å². The van der Waals surface area contributed by atoms with Gasteiger partial charge >= 0.3 is 0 Å². The predicted molar refractivity (Wildman–Crippen MR) is 135 cm³/mol. The fourth-order valence-corrected chi connectivity index (χ4v) is 6.01. The lowest BCUT2D eigenvalue weighted by atomic mass is 9.76. The molecule has 4 aliphatic rings. The van der Waals surface area contributed by atoms with Gasteiger partial charge in [-0.1, -0.05) is 12.2 Å². The third-order valence-electron chi connectivity index (χ3n) is 8.17. The molecule has 0 radical (unpaired) electrons. The van der Waals surface area contributed by atoms with Crippen LogP contribution < -0.4 is 9.47 Å². The van der Waals surface area contributed by atoms with E-state index in [0.717, 1.165) is 76.4 Å². The molecule has 0 N–H and O–H groups in total. The van der Waals surface area contributed by atoms with Gasteiger partial charge in [0.15, 0.2) is 11.5 Å². The number of rotatable bonds is 6. The van der Waals surface area contributed by atoms with Gasteiger partial charge in [-0.25, -0.2) is 5.01 Å². The minimum Gasteiger partial charge on any atom is -0.493 e. The van der Waals surface area contributed by atoms with E-state index in [2.05, 4.69) is 28.9 Å². The third-order valence-corrected chi connectivity index (χ3v) is 8.17. The zero-order chi connectivity index (χ0) is 24.4. The first kappa shape index (κ1) is 24.3. The summed E-state index contributed by atoms with van der Waals surface area (Å²) in [6.45, 7) is 7.85. The number of hydrogen-bond donors (Lipinski definition) is 0. The molecule has 0 aromatic heterocycles. The van der Waals surface area contributed by atoms with Crippen molar-refractivity contribution in [1.29, 1.82) is 0 Å². The molecule has 1 aromatic carbocycles. The normalized spacial score (nSPS) is 27.3. The number of allylic oxidation sites excluding steroid dienone is 2. The average Bonchev–Trinajstić information content (AvgIpc) is 2.93. The van der Waals surface area contributed by atoms with Crippen LogP contribution in [0.4, 0.5) is 0 Å². The minimum atomic E-state index is -0.0501. The summed E-state index contributed by atoms with van der Waals surface area (Å²) in [5.74, 6) is 1.62. The van der Waals surface area contributed by atoms with E-state index >= 15 is 0 Å². The molecular weight excluding hydrogens is 444 g/mol. The second-order valence-electron chi connectivity index (χ2n) is 9.94. The van der Waals surface area contributed by atoms with Gasteiger partial charge in [0, 0.05) is 37.7 Å². The fraction of sp³-hybridized carbons (Fsp3) is 0.630. The molecule has 2 saturated heterocycles. The number of nitrogens with zero attached hydrogens (tertiary/aromatic N) is 4. The maximum atomic E-state index is 13.6. The van der Waals surface area contributed by atoms with Gasteiger partial charge in [0.25, 0.3) is 0 Å². The Labute approximate surface area is 208 Å². The largest absolute Gasteiger partial charge is 0.493 e. The summed E-state index contributed by atoms with van der Waals surface area (Å²) in [6, 6.07) is 6.10. The van der Waals surface area contributed by atoms with E-state index in [-0.39, 0.29) is 23.8 Å². The van der Waals surface area contributed by atoms with E-state index in [1.807, 2.05) is 23.2 Å². The Morgan fingerprint density at radius 2 is 1.60 bits per heavy atom. The van der Waals surface area contributed by atoms with Gasteiger partial charge in [0.2, 0.25) is 5.91 Å². The molecule has 3 heterocycles. The SMILES string of the molecule is COc1ccc(C2=NN(C3CCN(C(C)N4CCOCC4)CC3)C(=O)C3CC=CCC23)cc1OC. The van der Waals surface area contributed by atoms with E-state index in [1.165, 1.54) is 0 Å². The Morgan fingerprint density at radius 1 is 0.943 bits per heavy atom. The number of carbonyl (C=O) groups is 1. The van der Waals surface area contributed by atoms with E-state index in [0.29, 0.717) is 17.7 Å². The lowest BCUT2D eigenvalue weighted by Crippen LogP contribution is -2.56. The van der Waals surface area contributed by atoms with Gasteiger partial charge in [-0.15, -0.1) is 0 Å². The molecule has 0 bridgehead atoms. The summed E-state index contributed by atoms with van der Waals surface area (Å²) in [7, 11) is 3.29. The predicted octanol–water partition coefficient (Wildman–Crippen LogP) is 2.98. The molecule has 8 heteroatoms. The molecule has 3 atom stereocenters. The van der Waals surface area contributed by atoms with Gasteiger partial charge in [0.05, 0.1) is 51.3 Å². The van der Waals surface area contributed by atoms with Crippen molar-refractivity contribution in [3.8, 4) is 11.5 Å². The summed E-state index contributed by atoms with van der Waals surface area (Å²) < 4.78 is 16.5. The van der Waals surface area contributed by atoms with Crippen LogP contribution in [0.25, 0.3) is 0 Å². The third kappa shape index (κ3) is 4.84. The van der Waals surface area contributed by atoms with Crippen LogP contribution in [0.3, 0.4) is 0 Å². The number of carbonyl (C=O) groups excluding carboxylic acids is 1. The zero-order valence-electron chi connectivity index (χ0n) is 21.2. The number of fused-ring (bicyclic) bond motifs is 1. The number of morpholine rings is 1. The molecule has 1 aliphatic carbocycles. The van der Waals surface area contributed by atoms with Crippen molar-refractivity contribution in [2.45, 2.75) is 44.8 Å². The molecule has 2 fully saturated rings. The number of amides is 1. The molecule has 0 saturated carbocycles. The highest BCUT2D eigenvalue weighted by Crippen LogP contribution is 2.38. The van der Waals surface area contributed by atoms with Crippen LogP contribution in [-0.4, -0.2) is 92.2 Å². The molecule has 8 nitrogen and oxygen atoms in total. The molecule has 1 amide bonds. The van der Waals surface area contributed by atoms with Crippen LogP contribution >= 0.6 is 0 Å². The van der Waals surface area contributed by atoms with Gasteiger partial charge in [0.1, 0.15) is 0 Å². The van der Waals surface area contributed by atoms with Gasteiger partial charge in [-0.2, -0.15) is 5.10 Å². The number of methoxy groups -OCH3 is 2. The van der Waals surface area contributed by atoms with Gasteiger partial charge < -0.3 is 14.2 Å². The topological polar surface area (TPSA) is 66.8 Å². The maximum absolute atomic E-state index is 13.6. The van der Waals surface area contributed by atoms with E-state index < -0.39 is 0 Å². The van der Waals surface area contributed by atoms with Gasteiger partial charge in [-0.3, -0.25) is 14.6 Å². The molecule has 1 aromatic rings. The van der Waals surface area contributed by atoms with Crippen LogP contribution in [0.15, 0.2) is 35.5 Å². The standard InChI is InChI=1S/C27H38N4O4/c1-19(30-14-16-35-17-15-30)29-12-10-21(11-13-29)31-27(32)23-7-5-4-6-22(23)26(28-31)20-8-9-24(33-2)25(18-20)34-3/h4-5,8-9,18-19,21-23H,6-7,10-17H2,1-3H3. The molecule has 35 heavy (non-hydrogen) atoms. The Bertz CT molecular complexity index is 966. The van der Waals surface area contributed by atoms with Crippen molar-refractivity contribution in [1.82, 2.24) is 14.8 Å². The lowest BCUT2D eigenvalue weighted by molar-refractivity contribution is -0.142. The maximum Gasteiger partial charge on any atom is 0.247 e. The quantitative estimate of drug-likeness (QED) is 0.581. The van der Waals surface area contributed by atoms with Crippen molar-refractivity contribution >= 4 is 11.6 Å². The Morgan fingerprint density at radius 3 is 2.29 bits per heavy atom. The van der Waals surface area contributed by atoms with Crippen LogP contribution in [0, 0.1) is 11.8 Å². The van der Waals surface area contributed by atoms with Crippen molar-refractivity contribution in [2.24, 2.45) is 16.9 Å². The number of hydrogen-bond acceptors (Lipinski definition) is 7. The Kier molecular flexibility index (Phi) is 7.41. The minimum absolute atomic E-state index is 0.0501. The van der Waals surface area contributed by atoms with Crippen molar-refractivity contribution in [3.05, 3.63) is 35.9 Å². The van der Waals surface area contributed by atoms with Crippen LogP contribution in [0.1, 0.15) is 38.2 Å². The van der Waals surface area contributed by atoms with E-state index in [1.54, 1.807) is 14.2 Å². The van der Waals surface area contributed by atoms with Crippen LogP contribution in [0.5, 0.6) is 11.5 Å². The second-order valence-corrected chi connectivity index (χ2v) is 9.94. The monoisotopic (exact) mass is 482 g/mol. The average molecular weight is 483 g/mol. The van der Waals surface area contributed by atoms with E-state index in [4.69, 9.17) is 19.3 Å². The van der Waals surface area contributed by atoms with Crippen LogP contribution in [0.2, 0.25) is 0 Å². The number of likely N-dealkylation sites (tertiary alicyclic amines) is 1. The molecule has 3 unspecified atom stereocenters. The first-order valence-electron chi connectivity index (χ1n) is 13.0. The first-order valence-corrected chi connectivity index (χ1v) is 13.0. The Hall–Kier alpha value is -2.42. The molecule has 5 rings (SSSR count). The number of ether oxygens (including phenoxy) is 3. The van der Waals surface area contributed by atoms with Crippen molar-refractivity contribution in [3.63, 3.8) is 0 Å². The van der Waals surface area contributed by atoms with E-state index in [9.17, 15) is 4.79 Å². The lowest BCUT2D eigenvalue weighted by Gasteiger charge is -2.45. The highest BCUT2D eigenvalue weighted by Gasteiger charge is 2.43. The number of benzene rings is 1. The smallest absolute Gasteiger partial charge is 0.247 e. The first-order chi connectivity index (χ1) is 17.1. The second kappa shape index (κ2) is 10.7. The summed E-state index contributed by atoms with van der Waals surface area (Å²) >= 11 is 0. The Balaban J connectivity index is 1.36.